The number of rotatable bonds is 8. The Kier molecular flexibility index (Phi) is 6.70. The first-order valence-corrected chi connectivity index (χ1v) is 13.3. The number of unbranched alkanes of at least 4 members (excludes halogenated alkanes) is 1. The van der Waals surface area contributed by atoms with Crippen molar-refractivity contribution in [2.24, 2.45) is 0 Å². The summed E-state index contributed by atoms with van der Waals surface area (Å²) in [6.45, 7) is 3.47. The molecule has 0 amide bonds. The van der Waals surface area contributed by atoms with Gasteiger partial charge >= 0.3 is 0 Å². The molecule has 2 N–H and O–H groups in total. The summed E-state index contributed by atoms with van der Waals surface area (Å²) in [7, 11) is -1.39. The van der Waals surface area contributed by atoms with Crippen molar-refractivity contribution < 1.29 is 18.6 Å². The lowest BCUT2D eigenvalue weighted by Gasteiger charge is -2.48. The van der Waals surface area contributed by atoms with Gasteiger partial charge in [-0.25, -0.2) is 0 Å². The second-order valence-corrected chi connectivity index (χ2v) is 10.7. The van der Waals surface area contributed by atoms with Gasteiger partial charge in [0.25, 0.3) is 0 Å². The maximum atomic E-state index is 11.2. The summed E-state index contributed by atoms with van der Waals surface area (Å²) < 4.78 is 35.8. The predicted octanol–water partition coefficient (Wildman–Crippen LogP) is 6.14. The van der Waals surface area contributed by atoms with Gasteiger partial charge in [0.15, 0.2) is 11.5 Å². The molecule has 0 spiro atoms. The topological polar surface area (TPSA) is 65.4 Å². The molecule has 1 atom stereocenters. The number of hydrogen-bond donors (Lipinski definition) is 2. The van der Waals surface area contributed by atoms with E-state index < -0.39 is 10.8 Å². The van der Waals surface area contributed by atoms with Gasteiger partial charge in [-0.1, -0.05) is 59.3 Å². The molecule has 3 aromatic carbocycles. The van der Waals surface area contributed by atoms with Crippen LogP contribution in [-0.2, 0) is 0 Å². The van der Waals surface area contributed by atoms with Gasteiger partial charge < -0.3 is 9.47 Å². The minimum Gasteiger partial charge on any atom is -0.493 e. The zero-order chi connectivity index (χ0) is 23.5. The molecule has 1 unspecified atom stereocenters. The summed E-state index contributed by atoms with van der Waals surface area (Å²) in [5.41, 5.74) is 2.86. The Balaban J connectivity index is 1.17. The van der Waals surface area contributed by atoms with Gasteiger partial charge in [-0.2, -0.15) is 0 Å². The molecule has 0 aromatic heterocycles. The maximum Gasteiger partial charge on any atom is 0.161 e. The van der Waals surface area contributed by atoms with Gasteiger partial charge in [-0.3, -0.25) is 18.3 Å². The van der Waals surface area contributed by atoms with Crippen molar-refractivity contribution >= 4 is 16.5 Å². The minimum atomic E-state index is -3.06. The summed E-state index contributed by atoms with van der Waals surface area (Å²) >= 11 is 0. The van der Waals surface area contributed by atoms with E-state index in [1.807, 2.05) is 71.0 Å². The van der Waals surface area contributed by atoms with Gasteiger partial charge in [-0.15, -0.1) is 0 Å². The van der Waals surface area contributed by atoms with Crippen LogP contribution >= 0.6 is 10.8 Å². The molecule has 180 valence electrons. The molecule has 0 bridgehead atoms. The molecule has 2 aliphatic heterocycles. The molecular formula is C27H32N2O4S. The first-order valence-electron chi connectivity index (χ1n) is 11.8. The zero-order valence-electron chi connectivity index (χ0n) is 19.5. The highest BCUT2D eigenvalue weighted by molar-refractivity contribution is 8.25. The fraction of sp³-hybridized carbons (Fsp3) is 0.333. The van der Waals surface area contributed by atoms with Crippen molar-refractivity contribution in [3.8, 4) is 22.6 Å². The molecule has 5 rings (SSSR count). The first-order chi connectivity index (χ1) is 16.6. The largest absolute Gasteiger partial charge is 0.493 e. The maximum absolute atomic E-state index is 11.2. The Morgan fingerprint density at radius 3 is 2.35 bits per heavy atom. The number of benzene rings is 3. The quantitative estimate of drug-likeness (QED) is 0.378. The highest BCUT2D eigenvalue weighted by Crippen LogP contribution is 2.61. The Hall–Kier alpha value is -2.71. The van der Waals surface area contributed by atoms with E-state index in [0.29, 0.717) is 11.4 Å². The molecule has 0 aliphatic carbocycles. The molecule has 2 aliphatic rings. The van der Waals surface area contributed by atoms with Gasteiger partial charge in [0, 0.05) is 30.8 Å². The zero-order valence-corrected chi connectivity index (χ0v) is 20.3. The number of ether oxygens (including phenoxy) is 2. The first kappa shape index (κ1) is 23.1. The highest BCUT2D eigenvalue weighted by atomic mass is 32.3. The average molecular weight is 481 g/mol. The van der Waals surface area contributed by atoms with Crippen molar-refractivity contribution in [1.29, 1.82) is 0 Å². The molecule has 3 aromatic rings. The molecule has 0 radical (unpaired) electrons. The lowest BCUT2D eigenvalue weighted by Crippen LogP contribution is -2.32. The van der Waals surface area contributed by atoms with E-state index in [1.165, 1.54) is 0 Å². The summed E-state index contributed by atoms with van der Waals surface area (Å²) in [6.07, 6.45) is 3.02. The van der Waals surface area contributed by atoms with Crippen LogP contribution in [0.2, 0.25) is 0 Å². The van der Waals surface area contributed by atoms with Crippen LogP contribution in [-0.4, -0.2) is 53.4 Å². The molecule has 1 saturated heterocycles. The molecule has 7 heteroatoms. The monoisotopic (exact) mass is 480 g/mol. The Bertz CT molecular complexity index is 1140. The molecule has 0 saturated carbocycles. The summed E-state index contributed by atoms with van der Waals surface area (Å²) in [5.74, 6) is 1.56. The van der Waals surface area contributed by atoms with E-state index in [1.54, 1.807) is 7.11 Å². The number of para-hydroxylation sites is 3. The van der Waals surface area contributed by atoms with Crippen molar-refractivity contribution in [3.05, 3.63) is 72.8 Å². The van der Waals surface area contributed by atoms with Crippen molar-refractivity contribution in [2.45, 2.75) is 30.3 Å². The number of hydrogen-bond acceptors (Lipinski definition) is 6. The normalized spacial score (nSPS) is 19.9. The van der Waals surface area contributed by atoms with Crippen molar-refractivity contribution in [2.75, 3.05) is 37.6 Å². The van der Waals surface area contributed by atoms with Gasteiger partial charge in [0.2, 0.25) is 0 Å². The molecule has 2 heterocycles. The number of fused-ring (bicyclic) bond motifs is 3. The van der Waals surface area contributed by atoms with Crippen LogP contribution in [0.5, 0.6) is 11.5 Å². The summed E-state index contributed by atoms with van der Waals surface area (Å²) in [4.78, 5) is 3.04. The lowest BCUT2D eigenvalue weighted by atomic mass is 10.0. The predicted molar refractivity (Wildman–Crippen MR) is 138 cm³/mol. The smallest absolute Gasteiger partial charge is 0.161 e. The van der Waals surface area contributed by atoms with Gasteiger partial charge in [0.1, 0.15) is 6.10 Å². The third-order valence-corrected chi connectivity index (χ3v) is 8.57. The van der Waals surface area contributed by atoms with Crippen LogP contribution < -0.4 is 13.8 Å². The fourth-order valence-electron chi connectivity index (χ4n) is 4.93. The van der Waals surface area contributed by atoms with Crippen LogP contribution in [0, 0.1) is 0 Å². The molecule has 1 fully saturated rings. The molecular weight excluding hydrogens is 448 g/mol. The SMILES string of the molecule is COc1ccccc1OC1CCN(CCCCN2c3ccccc3-c3ccccc3S2(O)O)C1. The van der Waals surface area contributed by atoms with E-state index in [-0.39, 0.29) is 6.10 Å². The molecule has 34 heavy (non-hydrogen) atoms. The third kappa shape index (κ3) is 4.49. The van der Waals surface area contributed by atoms with Gasteiger partial charge in [0.05, 0.1) is 17.7 Å². The number of anilines is 1. The Labute approximate surface area is 203 Å². The van der Waals surface area contributed by atoms with Crippen LogP contribution in [0.1, 0.15) is 19.3 Å². The van der Waals surface area contributed by atoms with Crippen LogP contribution in [0.25, 0.3) is 11.1 Å². The summed E-state index contributed by atoms with van der Waals surface area (Å²) in [6, 6.07) is 23.4. The second-order valence-electron chi connectivity index (χ2n) is 8.82. The van der Waals surface area contributed by atoms with Crippen LogP contribution in [0.3, 0.4) is 0 Å². The fourth-order valence-corrected chi connectivity index (χ4v) is 6.72. The van der Waals surface area contributed by atoms with Crippen LogP contribution in [0.4, 0.5) is 5.69 Å². The lowest BCUT2D eigenvalue weighted by molar-refractivity contribution is 0.192. The van der Waals surface area contributed by atoms with Gasteiger partial charge in [-0.05, 0) is 50.1 Å². The third-order valence-electron chi connectivity index (χ3n) is 6.63. The number of methoxy groups -OCH3 is 1. The Morgan fingerprint density at radius 2 is 1.53 bits per heavy atom. The van der Waals surface area contributed by atoms with E-state index in [9.17, 15) is 9.11 Å². The van der Waals surface area contributed by atoms with Crippen LogP contribution in [0.15, 0.2) is 77.7 Å². The van der Waals surface area contributed by atoms with E-state index >= 15 is 0 Å². The molecule has 6 nitrogen and oxygen atoms in total. The average Bonchev–Trinajstić information content (AvgIpc) is 3.31. The number of likely N-dealkylation sites (tertiary alicyclic amines) is 1. The second kappa shape index (κ2) is 9.88. The summed E-state index contributed by atoms with van der Waals surface area (Å²) in [5, 5.41) is 0. The number of nitrogens with zero attached hydrogens (tertiary/aromatic N) is 2. The van der Waals surface area contributed by atoms with E-state index in [2.05, 4.69) is 11.0 Å². The van der Waals surface area contributed by atoms with Crippen molar-refractivity contribution in [3.63, 3.8) is 0 Å². The van der Waals surface area contributed by atoms with E-state index in [0.717, 1.165) is 67.2 Å². The highest BCUT2D eigenvalue weighted by Gasteiger charge is 2.34. The van der Waals surface area contributed by atoms with Crippen molar-refractivity contribution in [1.82, 2.24) is 4.90 Å². The Morgan fingerprint density at radius 1 is 0.853 bits per heavy atom. The minimum absolute atomic E-state index is 0.161. The van der Waals surface area contributed by atoms with E-state index in [4.69, 9.17) is 9.47 Å². The standard InChI is InChI=1S/C27H32N2O4S/c1-32-25-13-5-6-14-26(25)33-21-16-19-28(20-21)17-8-9-18-29-24-12-4-2-10-22(24)23-11-3-7-15-27(23)34(29,30)31/h2-7,10-15,21,30-31H,8-9,16-20H2,1H3.